The third kappa shape index (κ3) is 12.1. The van der Waals surface area contributed by atoms with Gasteiger partial charge >= 0.3 is 0 Å². The van der Waals surface area contributed by atoms with Gasteiger partial charge in [0, 0.05) is 56.7 Å². The van der Waals surface area contributed by atoms with Gasteiger partial charge in [0.25, 0.3) is 0 Å². The molecule has 1 unspecified atom stereocenters. The fraction of sp³-hybridized carbons (Fsp3) is 0.308. The van der Waals surface area contributed by atoms with Crippen LogP contribution in [0.4, 0.5) is 20.2 Å². The summed E-state index contributed by atoms with van der Waals surface area (Å²) in [5, 5.41) is 12.1. The number of halogens is 2. The van der Waals surface area contributed by atoms with Crippen molar-refractivity contribution in [1.29, 1.82) is 5.26 Å². The van der Waals surface area contributed by atoms with Gasteiger partial charge in [0.15, 0.2) is 11.6 Å². The van der Waals surface area contributed by atoms with E-state index in [0.717, 1.165) is 52.5 Å². The molecule has 0 bridgehead atoms. The minimum absolute atomic E-state index is 0.0181. The number of rotatable bonds is 12. The summed E-state index contributed by atoms with van der Waals surface area (Å²) in [5.41, 5.74) is 10.2. The van der Waals surface area contributed by atoms with Crippen LogP contribution in [-0.2, 0) is 9.59 Å². The van der Waals surface area contributed by atoms with Crippen molar-refractivity contribution in [2.75, 3.05) is 70.1 Å². The lowest BCUT2D eigenvalue weighted by Crippen LogP contribution is -2.51. The van der Waals surface area contributed by atoms with Crippen LogP contribution in [0.3, 0.4) is 0 Å². The molecule has 0 aliphatic carbocycles. The van der Waals surface area contributed by atoms with Crippen LogP contribution in [0.1, 0.15) is 24.5 Å². The number of hydrogen-bond acceptors (Lipinski definition) is 9. The predicted octanol–water partition coefficient (Wildman–Crippen LogP) is 5.49. The average Bonchev–Trinajstić information content (AvgIpc) is 3.18. The van der Waals surface area contributed by atoms with Gasteiger partial charge in [-0.2, -0.15) is 5.26 Å². The molecule has 0 spiro atoms. The van der Waals surface area contributed by atoms with Gasteiger partial charge in [-0.05, 0) is 85.2 Å². The maximum atomic E-state index is 13.0. The molecule has 1 aliphatic heterocycles. The van der Waals surface area contributed by atoms with Crippen molar-refractivity contribution in [2.24, 2.45) is 11.7 Å². The van der Waals surface area contributed by atoms with E-state index < -0.39 is 11.7 Å². The number of benzene rings is 3. The number of nitriles is 1. The summed E-state index contributed by atoms with van der Waals surface area (Å²) in [7, 11) is 3.37. The first-order valence-electron chi connectivity index (χ1n) is 16.7. The van der Waals surface area contributed by atoms with Crippen molar-refractivity contribution < 1.29 is 18.4 Å². The minimum Gasteiger partial charge on any atom is -0.388 e. The smallest absolute Gasteiger partial charge is 0.236 e. The molecule has 1 fully saturated rings. The summed E-state index contributed by atoms with van der Waals surface area (Å²) >= 11 is 0. The van der Waals surface area contributed by atoms with Gasteiger partial charge in [-0.15, -0.1) is 0 Å². The van der Waals surface area contributed by atoms with Gasteiger partial charge in [0.1, 0.15) is 18.0 Å². The predicted molar refractivity (Wildman–Crippen MR) is 199 cm³/mol. The van der Waals surface area contributed by atoms with Crippen LogP contribution in [0, 0.1) is 28.9 Å². The first-order chi connectivity index (χ1) is 24.7. The first kappa shape index (κ1) is 39.9. The summed E-state index contributed by atoms with van der Waals surface area (Å²) in [5.74, 6) is -0.924. The van der Waals surface area contributed by atoms with Crippen LogP contribution in [0.25, 0.3) is 17.0 Å². The van der Waals surface area contributed by atoms with E-state index in [9.17, 15) is 18.4 Å². The topological polar surface area (TPSA) is 131 Å². The maximum Gasteiger partial charge on any atom is 0.236 e. The molecule has 3 aromatic carbocycles. The zero-order chi connectivity index (χ0) is 37.2. The summed E-state index contributed by atoms with van der Waals surface area (Å²) < 4.78 is 25.8. The molecule has 1 aliphatic rings. The molecule has 2 heterocycles. The molecule has 5 rings (SSSR count). The number of anilines is 2. The second-order valence-corrected chi connectivity index (χ2v) is 11.6. The largest absolute Gasteiger partial charge is 0.388 e. The third-order valence-corrected chi connectivity index (χ3v) is 8.12. The molecule has 51 heavy (non-hydrogen) atoms. The van der Waals surface area contributed by atoms with Crippen molar-refractivity contribution >= 4 is 29.1 Å². The summed E-state index contributed by atoms with van der Waals surface area (Å²) in [6, 6.07) is 24.1. The van der Waals surface area contributed by atoms with Gasteiger partial charge in [-0.3, -0.25) is 9.69 Å². The monoisotopic (exact) mass is 696 g/mol. The number of aromatic nitrogens is 2. The summed E-state index contributed by atoms with van der Waals surface area (Å²) in [4.78, 5) is 37.7. The van der Waals surface area contributed by atoms with E-state index in [1.165, 1.54) is 19.2 Å². The van der Waals surface area contributed by atoms with Crippen molar-refractivity contribution in [1.82, 2.24) is 19.8 Å². The number of nitrogens with two attached hydrogens (primary N) is 1. The summed E-state index contributed by atoms with van der Waals surface area (Å²) in [6.45, 7) is 9.86. The van der Waals surface area contributed by atoms with Crippen molar-refractivity contribution in [2.45, 2.75) is 13.3 Å². The Balaban J connectivity index is 0.000000310. The molecular formula is C39H46F2N8O2. The second kappa shape index (κ2) is 20.9. The van der Waals surface area contributed by atoms with Crippen molar-refractivity contribution in [3.8, 4) is 17.5 Å². The number of carbonyl (C=O) groups excluding carboxylic acids is 2. The van der Waals surface area contributed by atoms with Gasteiger partial charge in [-0.25, -0.2) is 18.7 Å². The highest BCUT2D eigenvalue weighted by Gasteiger charge is 2.24. The van der Waals surface area contributed by atoms with E-state index in [4.69, 9.17) is 5.26 Å². The number of amides is 1. The Hall–Kier alpha value is -5.51. The number of aldehydes is 1. The molecular weight excluding hydrogens is 650 g/mol. The first-order valence-corrected chi connectivity index (χ1v) is 16.7. The van der Waals surface area contributed by atoms with Crippen LogP contribution >= 0.6 is 0 Å². The highest BCUT2D eigenvalue weighted by molar-refractivity contribution is 5.80. The lowest BCUT2D eigenvalue weighted by atomic mass is 9.99. The lowest BCUT2D eigenvalue weighted by molar-refractivity contribution is -0.133. The molecule has 1 amide bonds. The molecule has 4 aromatic rings. The highest BCUT2D eigenvalue weighted by Crippen LogP contribution is 2.24. The van der Waals surface area contributed by atoms with E-state index in [0.29, 0.717) is 44.8 Å². The third-order valence-electron chi connectivity index (χ3n) is 8.12. The molecule has 268 valence electrons. The maximum absolute atomic E-state index is 13.0. The number of piperazine rings is 1. The Morgan fingerprint density at radius 1 is 1.00 bits per heavy atom. The van der Waals surface area contributed by atoms with E-state index in [-0.39, 0.29) is 24.8 Å². The Morgan fingerprint density at radius 3 is 2.22 bits per heavy atom. The van der Waals surface area contributed by atoms with E-state index >= 15 is 0 Å². The standard InChI is InChI=1S/C23H27FN6O2.C15H14FN.CH5N/c1-2-7-28(15-18(12-25)17-31)16-22(32)30-10-8-29(9-11-30)21-5-3-19(4-6-21)23-26-13-20(24)14-27-23;1-11(12-6-8-14(16)9-7-12)13-4-3-5-15(10-13)17-2;1-2/h3-6,13-14,17-18H,2,7-11,15-16H2,1H3;3-10,17H,1H2,2H3;2H2,1H3. The molecule has 1 atom stereocenters. The molecule has 1 aromatic heterocycles. The van der Waals surface area contributed by atoms with Crippen LogP contribution < -0.4 is 16.0 Å². The van der Waals surface area contributed by atoms with E-state index in [1.807, 2.05) is 78.4 Å². The van der Waals surface area contributed by atoms with Crippen molar-refractivity contribution in [3.63, 3.8) is 0 Å². The Bertz CT molecular complexity index is 1720. The quantitative estimate of drug-likeness (QED) is 0.185. The fourth-order valence-corrected chi connectivity index (χ4v) is 5.41. The van der Waals surface area contributed by atoms with Crippen LogP contribution in [0.15, 0.2) is 91.8 Å². The highest BCUT2D eigenvalue weighted by atomic mass is 19.1. The molecule has 10 nitrogen and oxygen atoms in total. The fourth-order valence-electron chi connectivity index (χ4n) is 5.41. The molecule has 0 radical (unpaired) electrons. The number of nitrogens with zero attached hydrogens (tertiary/aromatic N) is 6. The Kier molecular flexibility index (Phi) is 16.3. The SMILES string of the molecule is C=C(c1ccc(F)cc1)c1cccc(NC)c1.CCCN(CC(=O)N1CCN(c2ccc(-c3ncc(F)cn3)cc2)CC1)CC(C#N)C=O.CN. The molecule has 3 N–H and O–H groups in total. The van der Waals surface area contributed by atoms with Gasteiger partial charge in [-0.1, -0.05) is 37.8 Å². The minimum atomic E-state index is -0.713. The van der Waals surface area contributed by atoms with Crippen LogP contribution in [-0.4, -0.2) is 91.9 Å². The average molecular weight is 697 g/mol. The van der Waals surface area contributed by atoms with Crippen LogP contribution in [0.5, 0.6) is 0 Å². The zero-order valence-electron chi connectivity index (χ0n) is 29.4. The van der Waals surface area contributed by atoms with Crippen LogP contribution in [0.2, 0.25) is 0 Å². The second-order valence-electron chi connectivity index (χ2n) is 11.6. The number of carbonyl (C=O) groups is 2. The Morgan fingerprint density at radius 2 is 1.65 bits per heavy atom. The molecule has 0 saturated carbocycles. The zero-order valence-corrected chi connectivity index (χ0v) is 29.4. The normalized spacial score (nSPS) is 12.7. The Labute approximate surface area is 299 Å². The van der Waals surface area contributed by atoms with Gasteiger partial charge in [0.2, 0.25) is 5.91 Å². The van der Waals surface area contributed by atoms with Gasteiger partial charge < -0.3 is 25.6 Å². The van der Waals surface area contributed by atoms with E-state index in [2.05, 4.69) is 32.5 Å². The van der Waals surface area contributed by atoms with Gasteiger partial charge in [0.05, 0.1) is 25.0 Å². The lowest BCUT2D eigenvalue weighted by Gasteiger charge is -2.37. The number of nitrogens with one attached hydrogen (secondary N) is 1. The molecule has 1 saturated heterocycles. The number of hydrogen-bond donors (Lipinski definition) is 2. The van der Waals surface area contributed by atoms with E-state index in [1.54, 1.807) is 12.1 Å². The summed E-state index contributed by atoms with van der Waals surface area (Å²) in [6.07, 6.45) is 3.78. The van der Waals surface area contributed by atoms with Crippen molar-refractivity contribution in [3.05, 3.63) is 115 Å². The molecule has 12 heteroatoms.